The van der Waals surface area contributed by atoms with Crippen molar-refractivity contribution in [3.8, 4) is 16.9 Å². The fraction of sp³-hybridized carbons (Fsp3) is 0.179. The zero-order valence-corrected chi connectivity index (χ0v) is 20.1. The van der Waals surface area contributed by atoms with E-state index in [0.717, 1.165) is 5.56 Å². The van der Waals surface area contributed by atoms with Crippen LogP contribution < -0.4 is 10.6 Å². The molecule has 0 saturated carbocycles. The molecule has 38 heavy (non-hydrogen) atoms. The van der Waals surface area contributed by atoms with Crippen LogP contribution in [0, 0.1) is 12.8 Å². The highest BCUT2D eigenvalue weighted by atomic mass is 19.4. The number of nitrogens with one attached hydrogen (secondary N) is 2. The monoisotopic (exact) mass is 520 g/mol. The first-order valence-corrected chi connectivity index (χ1v) is 11.8. The summed E-state index contributed by atoms with van der Waals surface area (Å²) in [5.41, 5.74) is -1.51. The Balaban J connectivity index is 1.73. The summed E-state index contributed by atoms with van der Waals surface area (Å²) in [6, 6.07) is 20.7. The van der Waals surface area contributed by atoms with Crippen LogP contribution in [0.4, 0.5) is 18.0 Å². The van der Waals surface area contributed by atoms with Crippen LogP contribution in [0.25, 0.3) is 16.9 Å². The lowest BCUT2D eigenvalue weighted by atomic mass is 9.77. The molecule has 1 fully saturated rings. The number of hydrogen-bond acceptors (Lipinski definition) is 4. The van der Waals surface area contributed by atoms with Crippen molar-refractivity contribution < 1.29 is 27.9 Å². The first kappa shape index (κ1) is 25.2. The molecule has 3 atom stereocenters. The zero-order chi connectivity index (χ0) is 27.1. The number of para-hydroxylation sites is 1. The molecule has 5 rings (SSSR count). The summed E-state index contributed by atoms with van der Waals surface area (Å²) in [6.07, 6.45) is -3.89. The summed E-state index contributed by atoms with van der Waals surface area (Å²) in [6.45, 7) is 1.77. The first-order valence-electron chi connectivity index (χ1n) is 11.8. The van der Waals surface area contributed by atoms with Crippen LogP contribution in [-0.4, -0.2) is 38.6 Å². The minimum atomic E-state index is -5.36. The highest BCUT2D eigenvalue weighted by Crippen LogP contribution is 2.45. The summed E-state index contributed by atoms with van der Waals surface area (Å²) in [5, 5.41) is 19.6. The van der Waals surface area contributed by atoms with Crippen LogP contribution in [0.15, 0.2) is 91.1 Å². The Morgan fingerprint density at radius 2 is 1.58 bits per heavy atom. The lowest BCUT2D eigenvalue weighted by Gasteiger charge is -2.44. The molecule has 3 N–H and O–H groups in total. The summed E-state index contributed by atoms with van der Waals surface area (Å²) < 4.78 is 44.7. The molecular formula is C28H23F3N4O3. The molecule has 0 spiro atoms. The van der Waals surface area contributed by atoms with Crippen molar-refractivity contribution in [1.82, 2.24) is 20.4 Å². The maximum absolute atomic E-state index is 14.4. The minimum Gasteiger partial charge on any atom is -0.363 e. The van der Waals surface area contributed by atoms with E-state index < -0.39 is 35.7 Å². The number of halogens is 3. The van der Waals surface area contributed by atoms with E-state index in [-0.39, 0.29) is 16.8 Å². The smallest absolute Gasteiger partial charge is 0.363 e. The van der Waals surface area contributed by atoms with Crippen molar-refractivity contribution in [2.75, 3.05) is 0 Å². The summed E-state index contributed by atoms with van der Waals surface area (Å²) >= 11 is 0. The van der Waals surface area contributed by atoms with Gasteiger partial charge in [-0.05, 0) is 19.1 Å². The van der Waals surface area contributed by atoms with Gasteiger partial charge in [0.25, 0.3) is 0 Å². The molecule has 0 bridgehead atoms. The highest BCUT2D eigenvalue weighted by molar-refractivity contribution is 6.00. The molecule has 7 nitrogen and oxygen atoms in total. The Hall–Kier alpha value is -4.44. The molecule has 0 radical (unpaired) electrons. The van der Waals surface area contributed by atoms with Gasteiger partial charge in [0.1, 0.15) is 5.92 Å². The van der Waals surface area contributed by atoms with Gasteiger partial charge in [0.2, 0.25) is 5.72 Å². The van der Waals surface area contributed by atoms with Crippen LogP contribution in [0.2, 0.25) is 0 Å². The van der Waals surface area contributed by atoms with E-state index in [1.807, 2.05) is 0 Å². The molecule has 10 heteroatoms. The van der Waals surface area contributed by atoms with Gasteiger partial charge in [0, 0.05) is 22.9 Å². The quantitative estimate of drug-likeness (QED) is 0.325. The number of urea groups is 1. The maximum atomic E-state index is 14.4. The molecule has 3 aromatic carbocycles. The van der Waals surface area contributed by atoms with E-state index in [1.165, 1.54) is 23.0 Å². The maximum Gasteiger partial charge on any atom is 0.437 e. The average molecular weight is 521 g/mol. The number of ketones is 1. The Morgan fingerprint density at radius 1 is 0.974 bits per heavy atom. The first-order chi connectivity index (χ1) is 18.1. The molecular weight excluding hydrogens is 497 g/mol. The zero-order valence-electron chi connectivity index (χ0n) is 20.1. The van der Waals surface area contributed by atoms with Crippen molar-refractivity contribution in [1.29, 1.82) is 0 Å². The largest absolute Gasteiger partial charge is 0.437 e. The number of carbonyl (C=O) groups is 2. The minimum absolute atomic E-state index is 0.0389. The van der Waals surface area contributed by atoms with Gasteiger partial charge in [-0.25, -0.2) is 9.48 Å². The lowest BCUT2D eigenvalue weighted by Crippen LogP contribution is -2.72. The Labute approximate surface area is 215 Å². The number of amides is 2. The van der Waals surface area contributed by atoms with Gasteiger partial charge in [-0.3, -0.25) is 4.79 Å². The summed E-state index contributed by atoms with van der Waals surface area (Å²) in [4.78, 5) is 26.3. The van der Waals surface area contributed by atoms with Crippen molar-refractivity contribution in [2.24, 2.45) is 5.92 Å². The molecule has 0 aliphatic carbocycles. The standard InChI is InChI=1S/C28H23F3N4O3/c1-17-12-14-19(15-13-17)25(36)22-24(32-26(37)33-27(22,38)28(29,30)31)21-16-35(20-10-6-3-7-11-20)34-23(21)18-8-4-2-5-9-18/h2-16,22,24,38H,1H3,(H2,32,33,37)/t22-,24+,27-/m1/s1. The molecule has 0 unspecified atom stereocenters. The number of aromatic nitrogens is 2. The predicted octanol–water partition coefficient (Wildman–Crippen LogP) is 4.95. The second-order valence-corrected chi connectivity index (χ2v) is 9.13. The number of carbonyl (C=O) groups excluding carboxylic acids is 2. The third-order valence-electron chi connectivity index (χ3n) is 6.57. The molecule has 1 aliphatic heterocycles. The van der Waals surface area contributed by atoms with Gasteiger partial charge < -0.3 is 15.7 Å². The predicted molar refractivity (Wildman–Crippen MR) is 133 cm³/mol. The molecule has 1 aromatic heterocycles. The number of Topliss-reactive ketones (excluding diaryl/α,β-unsaturated/α-hetero) is 1. The van der Waals surface area contributed by atoms with Crippen molar-refractivity contribution in [3.63, 3.8) is 0 Å². The third-order valence-corrected chi connectivity index (χ3v) is 6.57. The van der Waals surface area contributed by atoms with E-state index in [4.69, 9.17) is 0 Å². The second kappa shape index (κ2) is 9.46. The fourth-order valence-electron chi connectivity index (χ4n) is 4.64. The van der Waals surface area contributed by atoms with Crippen molar-refractivity contribution in [3.05, 3.63) is 108 Å². The number of benzene rings is 3. The van der Waals surface area contributed by atoms with Crippen molar-refractivity contribution in [2.45, 2.75) is 24.9 Å². The number of hydrogen-bond donors (Lipinski definition) is 3. The molecule has 2 amide bonds. The molecule has 2 heterocycles. The van der Waals surface area contributed by atoms with Crippen LogP contribution in [0.5, 0.6) is 0 Å². The number of aryl methyl sites for hydroxylation is 1. The Morgan fingerprint density at radius 3 is 2.18 bits per heavy atom. The molecule has 1 aliphatic rings. The number of rotatable bonds is 5. The number of nitrogens with zero attached hydrogens (tertiary/aromatic N) is 2. The van der Waals surface area contributed by atoms with E-state index in [0.29, 0.717) is 11.3 Å². The van der Waals surface area contributed by atoms with Gasteiger partial charge >= 0.3 is 12.2 Å². The third kappa shape index (κ3) is 4.43. The Kier molecular flexibility index (Phi) is 6.28. The number of alkyl halides is 3. The molecule has 194 valence electrons. The Bertz CT molecular complexity index is 1470. The van der Waals surface area contributed by atoms with Gasteiger partial charge in [-0.1, -0.05) is 78.4 Å². The number of aliphatic hydroxyl groups is 1. The van der Waals surface area contributed by atoms with Gasteiger partial charge in [-0.15, -0.1) is 0 Å². The highest BCUT2D eigenvalue weighted by Gasteiger charge is 2.66. The average Bonchev–Trinajstić information content (AvgIpc) is 3.34. The SMILES string of the molecule is Cc1ccc(C(=O)[C@H]2[C@H](c3cn(-c4ccccc4)nc3-c3ccccc3)NC(=O)N[C@]2(O)C(F)(F)F)cc1. The normalized spacial score (nSPS) is 21.4. The fourth-order valence-corrected chi connectivity index (χ4v) is 4.64. The second-order valence-electron chi connectivity index (χ2n) is 9.13. The van der Waals surface area contributed by atoms with Crippen LogP contribution in [0.3, 0.4) is 0 Å². The molecule has 4 aromatic rings. The van der Waals surface area contributed by atoms with Crippen LogP contribution >= 0.6 is 0 Å². The van der Waals surface area contributed by atoms with E-state index in [1.54, 1.807) is 85.0 Å². The van der Waals surface area contributed by atoms with E-state index in [9.17, 15) is 27.9 Å². The van der Waals surface area contributed by atoms with Crippen LogP contribution in [0.1, 0.15) is 27.5 Å². The van der Waals surface area contributed by atoms with E-state index >= 15 is 0 Å². The van der Waals surface area contributed by atoms with Crippen LogP contribution in [-0.2, 0) is 0 Å². The summed E-state index contributed by atoms with van der Waals surface area (Å²) in [5.74, 6) is -3.16. The van der Waals surface area contributed by atoms with Gasteiger partial charge in [-0.2, -0.15) is 18.3 Å². The topological polar surface area (TPSA) is 96.2 Å². The van der Waals surface area contributed by atoms with Gasteiger partial charge in [0.05, 0.1) is 17.4 Å². The summed E-state index contributed by atoms with van der Waals surface area (Å²) in [7, 11) is 0. The van der Waals surface area contributed by atoms with E-state index in [2.05, 4.69) is 10.4 Å². The molecule has 1 saturated heterocycles. The lowest BCUT2D eigenvalue weighted by molar-refractivity contribution is -0.287. The van der Waals surface area contributed by atoms with Gasteiger partial charge in [0.15, 0.2) is 5.78 Å². The van der Waals surface area contributed by atoms with Crippen molar-refractivity contribution >= 4 is 11.8 Å².